The fourth-order valence-corrected chi connectivity index (χ4v) is 3.58. The first kappa shape index (κ1) is 26.2. The van der Waals surface area contributed by atoms with E-state index in [1.807, 2.05) is 13.8 Å². The molecule has 2 rings (SSSR count). The third-order valence-electron chi connectivity index (χ3n) is 4.82. The van der Waals surface area contributed by atoms with Crippen LogP contribution in [0.1, 0.15) is 51.9 Å². The van der Waals surface area contributed by atoms with E-state index in [9.17, 15) is 14.4 Å². The average Bonchev–Trinajstić information content (AvgIpc) is 3.01. The van der Waals surface area contributed by atoms with E-state index < -0.39 is 41.5 Å². The zero-order chi connectivity index (χ0) is 25.0. The van der Waals surface area contributed by atoms with Crippen LogP contribution in [-0.2, 0) is 23.7 Å². The van der Waals surface area contributed by atoms with Crippen molar-refractivity contribution in [2.24, 2.45) is 0 Å². The lowest BCUT2D eigenvalue weighted by molar-refractivity contribution is -0.157. The number of amides is 1. The molecule has 1 fully saturated rings. The summed E-state index contributed by atoms with van der Waals surface area (Å²) in [6.45, 7) is 10.2. The zero-order valence-electron chi connectivity index (χ0n) is 20.5. The normalized spacial score (nSPS) is 22.4. The molecule has 1 aromatic rings. The molecule has 0 bridgehead atoms. The number of hydrogen-bond donors (Lipinski definition) is 0. The number of ether oxygens (including phenoxy) is 5. The van der Waals surface area contributed by atoms with Gasteiger partial charge in [0.15, 0.2) is 11.8 Å². The van der Waals surface area contributed by atoms with E-state index in [0.29, 0.717) is 11.3 Å². The molecule has 1 aromatic carbocycles. The van der Waals surface area contributed by atoms with Crippen molar-refractivity contribution >= 4 is 18.0 Å². The van der Waals surface area contributed by atoms with Gasteiger partial charge in [0.05, 0.1) is 19.8 Å². The van der Waals surface area contributed by atoms with Gasteiger partial charge in [-0.2, -0.15) is 0 Å². The van der Waals surface area contributed by atoms with Crippen molar-refractivity contribution in [1.29, 1.82) is 0 Å². The van der Waals surface area contributed by atoms with E-state index in [2.05, 4.69) is 0 Å². The highest BCUT2D eigenvalue weighted by molar-refractivity contribution is 5.89. The van der Waals surface area contributed by atoms with Crippen molar-refractivity contribution in [1.82, 2.24) is 4.90 Å². The molecule has 9 nitrogen and oxygen atoms in total. The van der Waals surface area contributed by atoms with Crippen LogP contribution in [0.25, 0.3) is 0 Å². The number of methoxy groups -OCH3 is 2. The molecule has 33 heavy (non-hydrogen) atoms. The van der Waals surface area contributed by atoms with Crippen LogP contribution < -0.4 is 4.74 Å². The molecule has 0 aromatic heterocycles. The van der Waals surface area contributed by atoms with Gasteiger partial charge in [-0.25, -0.2) is 14.4 Å². The van der Waals surface area contributed by atoms with Crippen molar-refractivity contribution in [3.05, 3.63) is 41.5 Å². The van der Waals surface area contributed by atoms with Crippen LogP contribution in [0.3, 0.4) is 0 Å². The highest BCUT2D eigenvalue weighted by atomic mass is 16.6. The fourth-order valence-electron chi connectivity index (χ4n) is 3.58. The Morgan fingerprint density at radius 1 is 1.12 bits per heavy atom. The minimum absolute atomic E-state index is 0.292. The highest BCUT2D eigenvalue weighted by Gasteiger charge is 2.56. The number of benzene rings is 1. The second-order valence-electron chi connectivity index (χ2n) is 9.08. The predicted molar refractivity (Wildman–Crippen MR) is 120 cm³/mol. The predicted octanol–water partition coefficient (Wildman–Crippen LogP) is 3.71. The molecule has 0 aliphatic carbocycles. The maximum Gasteiger partial charge on any atom is 0.413 e. The first-order valence-electron chi connectivity index (χ1n) is 10.6. The average molecular weight is 464 g/mol. The quantitative estimate of drug-likeness (QED) is 0.358. The number of allylic oxidation sites excluding steroid dienone is 1. The number of hydrogen-bond acceptors (Lipinski definition) is 8. The van der Waals surface area contributed by atoms with Crippen LogP contribution >= 0.6 is 0 Å². The van der Waals surface area contributed by atoms with E-state index in [-0.39, 0.29) is 6.61 Å². The molecule has 1 aliphatic heterocycles. The Bertz CT molecular complexity index is 898. The Morgan fingerprint density at radius 2 is 1.73 bits per heavy atom. The molecule has 0 radical (unpaired) electrons. The standard InChI is InChI=1S/C24H33NO8/c1-15(2)13-24(6)25(22(28)33-23(3,4)5)18(19(32-24)21(27)30-8)14-31-20(26)16-9-11-17(29-7)12-10-16/h9-13,18-19H,14H2,1-8H3/t18-,19+,24?/m1/s1. The minimum Gasteiger partial charge on any atom is -0.497 e. The van der Waals surface area contributed by atoms with Crippen molar-refractivity contribution in [2.45, 2.75) is 65.0 Å². The number of carbonyl (C=O) groups excluding carboxylic acids is 3. The molecule has 0 spiro atoms. The lowest BCUT2D eigenvalue weighted by Crippen LogP contribution is -2.53. The summed E-state index contributed by atoms with van der Waals surface area (Å²) >= 11 is 0. The maximum atomic E-state index is 13.2. The Balaban J connectivity index is 2.38. The number of esters is 2. The largest absolute Gasteiger partial charge is 0.497 e. The van der Waals surface area contributed by atoms with Gasteiger partial charge in [-0.05, 0) is 71.9 Å². The summed E-state index contributed by atoms with van der Waals surface area (Å²) in [7, 11) is 2.75. The van der Waals surface area contributed by atoms with E-state index in [0.717, 1.165) is 5.57 Å². The summed E-state index contributed by atoms with van der Waals surface area (Å²) in [4.78, 5) is 39.6. The lowest BCUT2D eigenvalue weighted by atomic mass is 10.1. The van der Waals surface area contributed by atoms with E-state index >= 15 is 0 Å². The monoisotopic (exact) mass is 463 g/mol. The summed E-state index contributed by atoms with van der Waals surface area (Å²) < 4.78 is 27.1. The lowest BCUT2D eigenvalue weighted by Gasteiger charge is -2.35. The third kappa shape index (κ3) is 6.47. The summed E-state index contributed by atoms with van der Waals surface area (Å²) in [5.41, 5.74) is -0.973. The Kier molecular flexibility index (Phi) is 8.13. The Labute approximate surface area is 194 Å². The topological polar surface area (TPSA) is 101 Å². The van der Waals surface area contributed by atoms with Gasteiger partial charge in [-0.1, -0.05) is 5.57 Å². The zero-order valence-corrected chi connectivity index (χ0v) is 20.5. The van der Waals surface area contributed by atoms with Crippen LogP contribution in [0, 0.1) is 0 Å². The van der Waals surface area contributed by atoms with Crippen molar-refractivity contribution in [2.75, 3.05) is 20.8 Å². The van der Waals surface area contributed by atoms with Gasteiger partial charge in [-0.3, -0.25) is 4.90 Å². The van der Waals surface area contributed by atoms with Crippen LogP contribution in [-0.4, -0.2) is 67.2 Å². The second kappa shape index (κ2) is 10.2. The molecular weight excluding hydrogens is 430 g/mol. The van der Waals surface area contributed by atoms with Gasteiger partial charge in [-0.15, -0.1) is 0 Å². The first-order chi connectivity index (χ1) is 15.3. The van der Waals surface area contributed by atoms with Crippen LogP contribution in [0.2, 0.25) is 0 Å². The molecule has 1 saturated heterocycles. The fraction of sp³-hybridized carbons (Fsp3) is 0.542. The van der Waals surface area contributed by atoms with Crippen LogP contribution in [0.4, 0.5) is 4.79 Å². The SMILES string of the molecule is COC(=O)[C@H]1OC(C)(C=C(C)C)N(C(=O)OC(C)(C)C)[C@@H]1COC(=O)c1ccc(OC)cc1. The second-order valence-corrected chi connectivity index (χ2v) is 9.08. The highest BCUT2D eigenvalue weighted by Crippen LogP contribution is 2.37. The van der Waals surface area contributed by atoms with Gasteiger partial charge >= 0.3 is 18.0 Å². The number of carbonyl (C=O) groups is 3. The Morgan fingerprint density at radius 3 is 2.21 bits per heavy atom. The van der Waals surface area contributed by atoms with E-state index in [4.69, 9.17) is 23.7 Å². The van der Waals surface area contributed by atoms with Crippen LogP contribution in [0.5, 0.6) is 5.75 Å². The number of nitrogens with zero attached hydrogens (tertiary/aromatic N) is 1. The van der Waals surface area contributed by atoms with E-state index in [1.54, 1.807) is 58.0 Å². The first-order valence-corrected chi connectivity index (χ1v) is 10.6. The maximum absolute atomic E-state index is 13.2. The van der Waals surface area contributed by atoms with Gasteiger partial charge in [0.25, 0.3) is 0 Å². The molecule has 1 aliphatic rings. The molecule has 182 valence electrons. The van der Waals surface area contributed by atoms with Crippen LogP contribution in [0.15, 0.2) is 35.9 Å². The van der Waals surface area contributed by atoms with Crippen molar-refractivity contribution in [3.8, 4) is 5.75 Å². The molecule has 1 unspecified atom stereocenters. The van der Waals surface area contributed by atoms with Gasteiger partial charge < -0.3 is 23.7 Å². The molecule has 1 amide bonds. The van der Waals surface area contributed by atoms with Gasteiger partial charge in [0.1, 0.15) is 24.0 Å². The molecule has 9 heteroatoms. The number of rotatable bonds is 6. The summed E-state index contributed by atoms with van der Waals surface area (Å²) in [6, 6.07) is 5.40. The van der Waals surface area contributed by atoms with Gasteiger partial charge in [0, 0.05) is 0 Å². The Hall–Kier alpha value is -3.07. The molecule has 1 heterocycles. The van der Waals surface area contributed by atoms with E-state index in [1.165, 1.54) is 19.1 Å². The summed E-state index contributed by atoms with van der Waals surface area (Å²) in [5, 5.41) is 0. The smallest absolute Gasteiger partial charge is 0.413 e. The molecule has 0 saturated carbocycles. The minimum atomic E-state index is -1.32. The molecule has 3 atom stereocenters. The van der Waals surface area contributed by atoms with Crippen molar-refractivity contribution in [3.63, 3.8) is 0 Å². The summed E-state index contributed by atoms with van der Waals surface area (Å²) in [5.74, 6) is -0.726. The van der Waals surface area contributed by atoms with Gasteiger partial charge in [0.2, 0.25) is 0 Å². The third-order valence-corrected chi connectivity index (χ3v) is 4.82. The summed E-state index contributed by atoms with van der Waals surface area (Å²) in [6.07, 6.45) is -0.191. The molecular formula is C24H33NO8. The van der Waals surface area contributed by atoms with Crippen molar-refractivity contribution < 1.29 is 38.1 Å². The molecule has 0 N–H and O–H groups in total.